The van der Waals surface area contributed by atoms with Crippen LogP contribution in [0.4, 0.5) is 15.8 Å². The van der Waals surface area contributed by atoms with E-state index in [1.165, 1.54) is 12.1 Å². The molecule has 8 heteroatoms. The van der Waals surface area contributed by atoms with Gasteiger partial charge in [0.25, 0.3) is 0 Å². The molecule has 3 aromatic rings. The molecule has 0 spiro atoms. The van der Waals surface area contributed by atoms with E-state index in [0.29, 0.717) is 18.2 Å². The number of carbonyl (C=O) groups is 1. The summed E-state index contributed by atoms with van der Waals surface area (Å²) >= 11 is 0. The van der Waals surface area contributed by atoms with Crippen molar-refractivity contribution in [1.29, 1.82) is 0 Å². The van der Waals surface area contributed by atoms with Crippen LogP contribution in [-0.4, -0.2) is 60.8 Å². The van der Waals surface area contributed by atoms with Gasteiger partial charge in [-0.3, -0.25) is 9.89 Å². The summed E-state index contributed by atoms with van der Waals surface area (Å²) in [6.45, 7) is 2.09. The molecule has 0 aliphatic carbocycles. The predicted molar refractivity (Wildman–Crippen MR) is 126 cm³/mol. The summed E-state index contributed by atoms with van der Waals surface area (Å²) in [6, 6.07) is 11.0. The molecule has 0 bridgehead atoms. The number of H-pyrrole nitrogens is 1. The second-order valence-corrected chi connectivity index (χ2v) is 9.02. The van der Waals surface area contributed by atoms with Crippen molar-refractivity contribution in [3.63, 3.8) is 0 Å². The quantitative estimate of drug-likeness (QED) is 0.623. The van der Waals surface area contributed by atoms with Gasteiger partial charge in [0.05, 0.1) is 23.5 Å². The van der Waals surface area contributed by atoms with Gasteiger partial charge < -0.3 is 19.9 Å². The van der Waals surface area contributed by atoms with E-state index in [1.54, 1.807) is 12.3 Å². The minimum atomic E-state index is -0.381. The van der Waals surface area contributed by atoms with Crippen molar-refractivity contribution in [3.8, 4) is 16.9 Å². The number of benzene rings is 2. The zero-order valence-electron chi connectivity index (χ0n) is 18.8. The molecule has 172 valence electrons. The standard InChI is InChI=1S/C25H28FN5O2/c1-30(2)21-7-8-31(14-21)23-11-16(19-12-27-28-13-19)3-5-22(23)29-25(32)18-9-17-10-20(26)4-6-24(17)33-15-18/h3-6,10-13,18,21H,7-9,14-15H2,1-2H3,(H,27,28)(H,29,32). The summed E-state index contributed by atoms with van der Waals surface area (Å²) in [5.74, 6) is -0.170. The average Bonchev–Trinajstić information content (AvgIpc) is 3.51. The number of anilines is 2. The Bertz CT molecular complexity index is 1150. The first-order chi connectivity index (χ1) is 16.0. The summed E-state index contributed by atoms with van der Waals surface area (Å²) in [6.07, 6.45) is 5.17. The van der Waals surface area contributed by atoms with Crippen LogP contribution in [0, 0.1) is 11.7 Å². The lowest BCUT2D eigenvalue weighted by atomic mass is 9.95. The maximum Gasteiger partial charge on any atom is 0.231 e. The molecule has 0 radical (unpaired) electrons. The summed E-state index contributed by atoms with van der Waals surface area (Å²) in [5.41, 5.74) is 4.53. The number of aromatic amines is 1. The molecule has 2 N–H and O–H groups in total. The Morgan fingerprint density at radius 3 is 2.88 bits per heavy atom. The first-order valence-electron chi connectivity index (χ1n) is 11.2. The molecule has 33 heavy (non-hydrogen) atoms. The van der Waals surface area contributed by atoms with Crippen molar-refractivity contribution >= 4 is 17.3 Å². The highest BCUT2D eigenvalue weighted by molar-refractivity contribution is 5.97. The van der Waals surface area contributed by atoms with Crippen molar-refractivity contribution in [2.75, 3.05) is 44.0 Å². The van der Waals surface area contributed by atoms with Crippen molar-refractivity contribution in [2.45, 2.75) is 18.9 Å². The van der Waals surface area contributed by atoms with Gasteiger partial charge >= 0.3 is 0 Å². The van der Waals surface area contributed by atoms with E-state index in [2.05, 4.69) is 45.5 Å². The fourth-order valence-electron chi connectivity index (χ4n) is 4.64. The molecule has 5 rings (SSSR count). The SMILES string of the molecule is CN(C)C1CCN(c2cc(-c3cn[nH]c3)ccc2NC(=O)C2COc3ccc(F)cc3C2)C1. The topological polar surface area (TPSA) is 73.5 Å². The maximum absolute atomic E-state index is 13.7. The fraction of sp³-hybridized carbons (Fsp3) is 0.360. The van der Waals surface area contributed by atoms with Crippen molar-refractivity contribution in [2.24, 2.45) is 5.92 Å². The summed E-state index contributed by atoms with van der Waals surface area (Å²) in [7, 11) is 4.20. The van der Waals surface area contributed by atoms with Gasteiger partial charge in [-0.25, -0.2) is 4.39 Å². The highest BCUT2D eigenvalue weighted by atomic mass is 19.1. The first-order valence-corrected chi connectivity index (χ1v) is 11.2. The fourth-order valence-corrected chi connectivity index (χ4v) is 4.64. The smallest absolute Gasteiger partial charge is 0.231 e. The second-order valence-electron chi connectivity index (χ2n) is 9.02. The number of fused-ring (bicyclic) bond motifs is 1. The molecular formula is C25H28FN5O2. The molecular weight excluding hydrogens is 421 g/mol. The number of hydrogen-bond donors (Lipinski definition) is 2. The molecule has 0 saturated carbocycles. The highest BCUT2D eigenvalue weighted by Gasteiger charge is 2.29. The Hall–Kier alpha value is -3.39. The summed E-state index contributed by atoms with van der Waals surface area (Å²) < 4.78 is 19.4. The molecule has 1 saturated heterocycles. The summed E-state index contributed by atoms with van der Waals surface area (Å²) in [4.78, 5) is 17.8. The molecule has 2 unspecified atom stereocenters. The van der Waals surface area contributed by atoms with Gasteiger partial charge in [0.1, 0.15) is 18.2 Å². The Kier molecular flexibility index (Phi) is 5.76. The van der Waals surface area contributed by atoms with Crippen molar-refractivity contribution in [1.82, 2.24) is 15.1 Å². The third-order valence-corrected chi connectivity index (χ3v) is 6.62. The van der Waals surface area contributed by atoms with Gasteiger partial charge in [-0.2, -0.15) is 5.10 Å². The number of hydrogen-bond acceptors (Lipinski definition) is 5. The second kappa shape index (κ2) is 8.86. The number of carbonyl (C=O) groups excluding carboxylic acids is 1. The monoisotopic (exact) mass is 449 g/mol. The summed E-state index contributed by atoms with van der Waals surface area (Å²) in [5, 5.41) is 10.1. The largest absolute Gasteiger partial charge is 0.492 e. The van der Waals surface area contributed by atoms with Gasteiger partial charge in [0, 0.05) is 30.9 Å². The molecule has 2 atom stereocenters. The molecule has 2 aliphatic rings. The zero-order valence-corrected chi connectivity index (χ0v) is 18.8. The van der Waals surface area contributed by atoms with E-state index >= 15 is 0 Å². The molecule has 2 aromatic carbocycles. The maximum atomic E-state index is 13.7. The Morgan fingerprint density at radius 2 is 2.12 bits per heavy atom. The van der Waals surface area contributed by atoms with E-state index in [9.17, 15) is 9.18 Å². The van der Waals surface area contributed by atoms with E-state index in [-0.39, 0.29) is 24.2 Å². The van der Waals surface area contributed by atoms with E-state index in [0.717, 1.165) is 47.6 Å². The predicted octanol–water partition coefficient (Wildman–Crippen LogP) is 3.55. The van der Waals surface area contributed by atoms with Crippen LogP contribution in [0.1, 0.15) is 12.0 Å². The molecule has 3 heterocycles. The third kappa shape index (κ3) is 4.43. The molecule has 1 amide bonds. The number of nitrogens with one attached hydrogen (secondary N) is 2. The Labute approximate surface area is 192 Å². The first kappa shape index (κ1) is 21.5. The van der Waals surface area contributed by atoms with Crippen LogP contribution in [0.2, 0.25) is 0 Å². The van der Waals surface area contributed by atoms with Gasteiger partial charge in [-0.1, -0.05) is 6.07 Å². The van der Waals surface area contributed by atoms with Crippen molar-refractivity contribution in [3.05, 3.63) is 60.2 Å². The van der Waals surface area contributed by atoms with Crippen LogP contribution in [-0.2, 0) is 11.2 Å². The van der Waals surface area contributed by atoms with Gasteiger partial charge in [-0.15, -0.1) is 0 Å². The number of nitrogens with zero attached hydrogens (tertiary/aromatic N) is 3. The van der Waals surface area contributed by atoms with E-state index < -0.39 is 0 Å². The van der Waals surface area contributed by atoms with Crippen LogP contribution in [0.15, 0.2) is 48.8 Å². The molecule has 1 aromatic heterocycles. The third-order valence-electron chi connectivity index (χ3n) is 6.62. The number of ether oxygens (including phenoxy) is 1. The molecule has 7 nitrogen and oxygen atoms in total. The average molecular weight is 450 g/mol. The Morgan fingerprint density at radius 1 is 1.24 bits per heavy atom. The van der Waals surface area contributed by atoms with Gasteiger partial charge in [0.2, 0.25) is 5.91 Å². The number of halogens is 1. The number of aromatic nitrogens is 2. The number of likely N-dealkylation sites (N-methyl/N-ethyl adjacent to an activating group) is 1. The van der Waals surface area contributed by atoms with E-state index in [1.807, 2.05) is 18.3 Å². The minimum absolute atomic E-state index is 0.120. The van der Waals surface area contributed by atoms with Crippen LogP contribution < -0.4 is 15.0 Å². The molecule has 2 aliphatic heterocycles. The van der Waals surface area contributed by atoms with Gasteiger partial charge in [0.15, 0.2) is 0 Å². The minimum Gasteiger partial charge on any atom is -0.492 e. The van der Waals surface area contributed by atoms with Crippen molar-refractivity contribution < 1.29 is 13.9 Å². The van der Waals surface area contributed by atoms with Crippen LogP contribution in [0.5, 0.6) is 5.75 Å². The highest BCUT2D eigenvalue weighted by Crippen LogP contribution is 2.35. The Balaban J connectivity index is 1.39. The van der Waals surface area contributed by atoms with Gasteiger partial charge in [-0.05, 0) is 68.4 Å². The lowest BCUT2D eigenvalue weighted by Gasteiger charge is -2.27. The lowest BCUT2D eigenvalue weighted by molar-refractivity contribution is -0.121. The molecule has 1 fully saturated rings. The number of amides is 1. The van der Waals surface area contributed by atoms with E-state index in [4.69, 9.17) is 4.74 Å². The zero-order chi connectivity index (χ0) is 22.9. The van der Waals surface area contributed by atoms with Crippen LogP contribution in [0.25, 0.3) is 11.1 Å². The lowest BCUT2D eigenvalue weighted by Crippen LogP contribution is -2.34. The van der Waals surface area contributed by atoms with Crippen LogP contribution >= 0.6 is 0 Å². The normalized spacial score (nSPS) is 19.9. The number of rotatable bonds is 5. The van der Waals surface area contributed by atoms with Crippen LogP contribution in [0.3, 0.4) is 0 Å².